The van der Waals surface area contributed by atoms with E-state index in [0.29, 0.717) is 0 Å². The van der Waals surface area contributed by atoms with Crippen LogP contribution in [0.3, 0.4) is 0 Å². The monoisotopic (exact) mass is 322 g/mol. The number of benzene rings is 1. The van der Waals surface area contributed by atoms with E-state index in [1.165, 1.54) is 4.90 Å². The van der Waals surface area contributed by atoms with Crippen LogP contribution in [0.1, 0.15) is 19.4 Å². The smallest absolute Gasteiger partial charge is 0.330 e. The molecule has 0 radical (unpaired) electrons. The topological polar surface area (TPSA) is 89.7 Å². The van der Waals surface area contributed by atoms with Crippen LogP contribution in [-0.4, -0.2) is 43.2 Å². The molecule has 6 nitrogen and oxygen atoms in total. The molecular formula is C15H18N2O4S. The van der Waals surface area contributed by atoms with E-state index in [9.17, 15) is 13.8 Å². The van der Waals surface area contributed by atoms with Crippen LogP contribution >= 0.6 is 0 Å². The van der Waals surface area contributed by atoms with Crippen molar-refractivity contribution < 1.29 is 18.5 Å². The molecule has 1 amide bonds. The Bertz CT molecular complexity index is 646. The number of β-lactam (4-membered cyclic amide) rings is 1. The predicted octanol–water partition coefficient (Wildman–Crippen LogP) is 0.135. The first-order valence-electron chi connectivity index (χ1n) is 7.04. The Morgan fingerprint density at radius 1 is 1.36 bits per heavy atom. The van der Waals surface area contributed by atoms with E-state index in [1.807, 2.05) is 30.3 Å². The summed E-state index contributed by atoms with van der Waals surface area (Å²) in [6, 6.07) is 7.63. The summed E-state index contributed by atoms with van der Waals surface area (Å²) in [6.45, 7) is 3.53. The van der Waals surface area contributed by atoms with Crippen molar-refractivity contribution in [2.24, 2.45) is 5.73 Å². The lowest BCUT2D eigenvalue weighted by atomic mass is 9.96. The molecule has 1 aromatic carbocycles. The quantitative estimate of drug-likeness (QED) is 0.631. The van der Waals surface area contributed by atoms with E-state index < -0.39 is 39.0 Å². The number of esters is 1. The van der Waals surface area contributed by atoms with Gasteiger partial charge in [0.2, 0.25) is 5.91 Å². The summed E-state index contributed by atoms with van der Waals surface area (Å²) in [5.74, 6) is -0.879. The number of hydrogen-bond donors (Lipinski definition) is 1. The lowest BCUT2D eigenvalue weighted by Crippen LogP contribution is -2.69. The Balaban J connectivity index is 1.77. The molecule has 3 rings (SSSR count). The molecule has 2 N–H and O–H groups in total. The highest BCUT2D eigenvalue weighted by atomic mass is 32.2. The van der Waals surface area contributed by atoms with E-state index in [0.717, 1.165) is 5.56 Å². The zero-order chi connectivity index (χ0) is 16.1. The third-order valence-corrected chi connectivity index (χ3v) is 6.46. The van der Waals surface area contributed by atoms with E-state index in [1.54, 1.807) is 13.8 Å². The number of nitrogens with zero attached hydrogens (tertiary/aromatic N) is 1. The molecule has 118 valence electrons. The normalized spacial score (nSPS) is 32.3. The third kappa shape index (κ3) is 2.07. The van der Waals surface area contributed by atoms with Gasteiger partial charge in [0, 0.05) is 0 Å². The first-order chi connectivity index (χ1) is 10.4. The molecule has 4 atom stereocenters. The van der Waals surface area contributed by atoms with Crippen molar-refractivity contribution >= 4 is 22.7 Å². The maximum absolute atomic E-state index is 12.5. The van der Waals surface area contributed by atoms with Crippen LogP contribution in [0.5, 0.6) is 0 Å². The summed E-state index contributed by atoms with van der Waals surface area (Å²) in [4.78, 5) is 25.7. The van der Waals surface area contributed by atoms with Gasteiger partial charge in [-0.25, -0.2) is 4.79 Å². The number of fused-ring (bicyclic) bond motifs is 1. The molecule has 1 unspecified atom stereocenters. The van der Waals surface area contributed by atoms with E-state index in [4.69, 9.17) is 10.5 Å². The number of rotatable bonds is 3. The maximum atomic E-state index is 12.5. The predicted molar refractivity (Wildman–Crippen MR) is 80.9 cm³/mol. The average Bonchev–Trinajstić information content (AvgIpc) is 2.70. The van der Waals surface area contributed by atoms with Crippen LogP contribution in [0.25, 0.3) is 0 Å². The average molecular weight is 322 g/mol. The van der Waals surface area contributed by atoms with Gasteiger partial charge in [-0.3, -0.25) is 9.00 Å². The fraction of sp³-hybridized carbons (Fsp3) is 0.467. The largest absolute Gasteiger partial charge is 0.459 e. The zero-order valence-electron chi connectivity index (χ0n) is 12.4. The minimum Gasteiger partial charge on any atom is -0.459 e. The molecule has 2 fully saturated rings. The Kier molecular flexibility index (Phi) is 3.57. The highest BCUT2D eigenvalue weighted by molar-refractivity contribution is 7.87. The van der Waals surface area contributed by atoms with Crippen LogP contribution in [0.15, 0.2) is 30.3 Å². The van der Waals surface area contributed by atoms with Gasteiger partial charge in [0.25, 0.3) is 0 Å². The Morgan fingerprint density at radius 3 is 2.64 bits per heavy atom. The van der Waals surface area contributed by atoms with Crippen LogP contribution in [-0.2, 0) is 31.7 Å². The van der Waals surface area contributed by atoms with Gasteiger partial charge in [0.15, 0.2) is 0 Å². The van der Waals surface area contributed by atoms with Crippen molar-refractivity contribution in [3.63, 3.8) is 0 Å². The van der Waals surface area contributed by atoms with Gasteiger partial charge in [-0.05, 0) is 19.4 Å². The van der Waals surface area contributed by atoms with Gasteiger partial charge in [0.1, 0.15) is 24.1 Å². The van der Waals surface area contributed by atoms with E-state index in [2.05, 4.69) is 0 Å². The van der Waals surface area contributed by atoms with Gasteiger partial charge >= 0.3 is 5.97 Å². The second kappa shape index (κ2) is 5.17. The van der Waals surface area contributed by atoms with Crippen LogP contribution in [0, 0.1) is 0 Å². The SMILES string of the molecule is CC1(C)[C@H](C(=O)OCc2ccccc2)N2C(=O)[C@@H](N)[C@H]2S1=O. The molecule has 2 aliphatic heterocycles. The summed E-state index contributed by atoms with van der Waals surface area (Å²) < 4.78 is 16.9. The van der Waals surface area contributed by atoms with Crippen molar-refractivity contribution in [1.29, 1.82) is 0 Å². The fourth-order valence-electron chi connectivity index (χ4n) is 2.98. The van der Waals surface area contributed by atoms with Crippen LogP contribution in [0.2, 0.25) is 0 Å². The summed E-state index contributed by atoms with van der Waals surface area (Å²) in [7, 11) is -1.39. The molecule has 0 bridgehead atoms. The first kappa shape index (κ1) is 15.2. The van der Waals surface area contributed by atoms with Gasteiger partial charge in [-0.1, -0.05) is 30.3 Å². The van der Waals surface area contributed by atoms with Gasteiger partial charge in [0.05, 0.1) is 15.5 Å². The van der Waals surface area contributed by atoms with Crippen molar-refractivity contribution in [1.82, 2.24) is 4.90 Å². The minimum absolute atomic E-state index is 0.123. The van der Waals surface area contributed by atoms with Crippen LogP contribution in [0.4, 0.5) is 0 Å². The third-order valence-electron chi connectivity index (χ3n) is 4.24. The van der Waals surface area contributed by atoms with Crippen LogP contribution < -0.4 is 5.73 Å². The number of carbonyl (C=O) groups is 2. The summed E-state index contributed by atoms with van der Waals surface area (Å²) in [5, 5.41) is -0.586. The number of hydrogen-bond acceptors (Lipinski definition) is 5. The second-order valence-corrected chi connectivity index (χ2v) is 8.19. The van der Waals surface area contributed by atoms with E-state index in [-0.39, 0.29) is 12.5 Å². The lowest BCUT2D eigenvalue weighted by molar-refractivity contribution is -0.163. The van der Waals surface area contributed by atoms with Crippen molar-refractivity contribution in [2.75, 3.05) is 0 Å². The van der Waals surface area contributed by atoms with Gasteiger partial charge in [-0.2, -0.15) is 0 Å². The Labute approximate surface area is 131 Å². The highest BCUT2D eigenvalue weighted by Crippen LogP contribution is 2.43. The van der Waals surface area contributed by atoms with Gasteiger partial charge in [-0.15, -0.1) is 0 Å². The molecule has 0 aliphatic carbocycles. The summed E-state index contributed by atoms with van der Waals surface area (Å²) >= 11 is 0. The van der Waals surface area contributed by atoms with Gasteiger partial charge < -0.3 is 15.4 Å². The molecule has 2 saturated heterocycles. The summed E-state index contributed by atoms with van der Waals surface area (Å²) in [6.07, 6.45) is 0. The minimum atomic E-state index is -1.39. The number of amides is 1. The molecule has 22 heavy (non-hydrogen) atoms. The Morgan fingerprint density at radius 2 is 2.00 bits per heavy atom. The summed E-state index contributed by atoms with van der Waals surface area (Å²) in [5.41, 5.74) is 6.57. The second-order valence-electron chi connectivity index (χ2n) is 6.06. The molecule has 2 aliphatic rings. The molecule has 7 heteroatoms. The molecule has 0 spiro atoms. The standard InChI is InChI=1S/C15H18N2O4S/c1-15(2)11(17-12(18)10(16)13(17)22(15)20)14(19)21-8-9-6-4-3-5-7-9/h3-7,10-11,13H,8,16H2,1-2H3/t10-,11+,13-,22?/m1/s1. The van der Waals surface area contributed by atoms with Crippen molar-refractivity contribution in [3.05, 3.63) is 35.9 Å². The highest BCUT2D eigenvalue weighted by Gasteiger charge is 2.67. The lowest BCUT2D eigenvalue weighted by Gasteiger charge is -2.41. The zero-order valence-corrected chi connectivity index (χ0v) is 13.2. The number of ether oxygens (including phenoxy) is 1. The number of nitrogens with two attached hydrogens (primary N) is 1. The molecular weight excluding hydrogens is 304 g/mol. The molecule has 1 aromatic rings. The molecule has 0 saturated carbocycles. The molecule has 0 aromatic heterocycles. The van der Waals surface area contributed by atoms with Crippen molar-refractivity contribution in [3.8, 4) is 0 Å². The first-order valence-corrected chi connectivity index (χ1v) is 8.26. The van der Waals surface area contributed by atoms with Crippen molar-refractivity contribution in [2.45, 2.75) is 42.7 Å². The molecule has 2 heterocycles. The maximum Gasteiger partial charge on any atom is 0.330 e. The van der Waals surface area contributed by atoms with E-state index >= 15 is 0 Å². The Hall–Kier alpha value is -1.73. The number of carbonyl (C=O) groups excluding carboxylic acids is 2. The fourth-order valence-corrected chi connectivity index (χ4v) is 4.85.